The van der Waals surface area contributed by atoms with Gasteiger partial charge < -0.3 is 15.1 Å². The Morgan fingerprint density at radius 3 is 2.02 bits per heavy atom. The number of nitrogens with zero attached hydrogens (tertiary/aromatic N) is 2. The molecule has 0 amide bonds. The number of carboxylic acid groups (broad SMARTS) is 1. The summed E-state index contributed by atoms with van der Waals surface area (Å²) >= 11 is 0.885. The number of Topliss-reactive ketones (excluding diaryl/α,β-unsaturated/α-hetero) is 1. The summed E-state index contributed by atoms with van der Waals surface area (Å²) < 4.78 is 69.0. The van der Waals surface area contributed by atoms with Crippen LogP contribution in [0.1, 0.15) is 37.7 Å². The predicted molar refractivity (Wildman–Crippen MR) is 174 cm³/mol. The quantitative estimate of drug-likeness (QED) is 0.0248. The van der Waals surface area contributed by atoms with Crippen LogP contribution in [-0.2, 0) is 39.2 Å². The first-order chi connectivity index (χ1) is 22.2. The molecule has 0 heterocycles. The molecule has 0 unspecified atom stereocenters. The van der Waals surface area contributed by atoms with Crippen molar-refractivity contribution in [3.05, 3.63) is 71.0 Å². The van der Waals surface area contributed by atoms with Gasteiger partial charge in [0, 0.05) is 68.0 Å². The monoisotopic (exact) mass is 717 g/mol. The molecule has 0 saturated carbocycles. The van der Waals surface area contributed by atoms with Crippen molar-refractivity contribution < 1.29 is 64.9 Å². The van der Waals surface area contributed by atoms with Crippen LogP contribution < -0.4 is 4.90 Å². The summed E-state index contributed by atoms with van der Waals surface area (Å²) in [5, 5.41) is 31.7. The number of aliphatic carboxylic acids is 1. The van der Waals surface area contributed by atoms with Crippen molar-refractivity contribution in [2.45, 2.75) is 32.1 Å². The number of aliphatic hydroxyl groups is 1. The van der Waals surface area contributed by atoms with Gasteiger partial charge in [0.1, 0.15) is 18.8 Å². The third kappa shape index (κ3) is 12.3. The Hall–Kier alpha value is -3.36. The van der Waals surface area contributed by atoms with Gasteiger partial charge in [0.25, 0.3) is 20.2 Å². The van der Waals surface area contributed by atoms with E-state index in [1.54, 1.807) is 53.5 Å². The number of carbonyl (C=O) groups is 2. The van der Waals surface area contributed by atoms with E-state index in [-0.39, 0.29) is 48.5 Å². The Morgan fingerprint density at radius 2 is 1.45 bits per heavy atom. The SMILES string of the molecule is O=C(O)CCCN(CCCS(=O)(=O)O)c1ccc(C2=C(O)C(=C3C=CC(=[N+](CCCSOOO)CCCS(=O)(=O)O)C=C3)C2=O)cc1. The second-order valence-electron chi connectivity index (χ2n) is 10.6. The molecule has 0 aliphatic heterocycles. The first-order valence-electron chi connectivity index (χ1n) is 14.5. The number of carbonyl (C=O) groups excluding carboxylic acids is 1. The normalized spacial score (nSPS) is 15.0. The zero-order valence-corrected chi connectivity index (χ0v) is 27.7. The minimum Gasteiger partial charge on any atom is -0.506 e. The van der Waals surface area contributed by atoms with Crippen LogP contribution in [0.15, 0.2) is 65.5 Å². The van der Waals surface area contributed by atoms with Crippen molar-refractivity contribution in [1.29, 1.82) is 0 Å². The lowest BCUT2D eigenvalue weighted by Crippen LogP contribution is -2.28. The summed E-state index contributed by atoms with van der Waals surface area (Å²) in [4.78, 5) is 25.9. The Balaban J connectivity index is 1.77. The third-order valence-electron chi connectivity index (χ3n) is 7.18. The van der Waals surface area contributed by atoms with Gasteiger partial charge in [-0.25, -0.2) is 9.83 Å². The molecular weight excluding hydrogens is 681 g/mol. The predicted octanol–water partition coefficient (Wildman–Crippen LogP) is 3.10. The molecule has 5 N–H and O–H groups in total. The first kappa shape index (κ1) is 38.1. The van der Waals surface area contributed by atoms with E-state index in [2.05, 4.69) is 9.37 Å². The van der Waals surface area contributed by atoms with Crippen molar-refractivity contribution >= 4 is 61.0 Å². The van der Waals surface area contributed by atoms with Gasteiger partial charge in [0.15, 0.2) is 5.71 Å². The Kier molecular flexibility index (Phi) is 14.3. The number of aliphatic hydroxyl groups excluding tert-OH is 1. The number of allylic oxidation sites excluding steroid dienone is 7. The average Bonchev–Trinajstić information content (AvgIpc) is 2.99. The summed E-state index contributed by atoms with van der Waals surface area (Å²) in [6.07, 6.45) is 7.86. The van der Waals surface area contributed by atoms with E-state index in [4.69, 9.17) is 19.5 Å². The van der Waals surface area contributed by atoms with Gasteiger partial charge in [-0.1, -0.05) is 17.2 Å². The van der Waals surface area contributed by atoms with Crippen LogP contribution in [0.3, 0.4) is 0 Å². The third-order valence-corrected chi connectivity index (χ3v) is 9.41. The smallest absolute Gasteiger partial charge is 0.303 e. The zero-order chi connectivity index (χ0) is 34.6. The lowest BCUT2D eigenvalue weighted by atomic mass is 9.80. The number of carboxylic acids is 1. The number of anilines is 1. The molecule has 15 nitrogen and oxygen atoms in total. The number of hydrogen-bond acceptors (Lipinski definition) is 12. The van der Waals surface area contributed by atoms with Crippen LogP contribution in [-0.4, -0.2) is 107 Å². The second kappa shape index (κ2) is 17.7. The molecule has 0 radical (unpaired) electrons. The summed E-state index contributed by atoms with van der Waals surface area (Å²) in [5.74, 6) is -1.92. The molecule has 0 atom stereocenters. The van der Waals surface area contributed by atoms with Crippen molar-refractivity contribution in [2.24, 2.45) is 0 Å². The highest BCUT2D eigenvalue weighted by Gasteiger charge is 2.36. The van der Waals surface area contributed by atoms with Gasteiger partial charge in [-0.05, 0) is 48.3 Å². The number of rotatable bonds is 20. The number of hydrogen-bond donors (Lipinski definition) is 5. The second-order valence-corrected chi connectivity index (χ2v) is 14.5. The van der Waals surface area contributed by atoms with Crippen molar-refractivity contribution in [3.63, 3.8) is 0 Å². The molecular formula is C29H37N2O13S3+. The summed E-state index contributed by atoms with van der Waals surface area (Å²) in [6, 6.07) is 6.63. The fourth-order valence-electron chi connectivity index (χ4n) is 5.02. The van der Waals surface area contributed by atoms with Gasteiger partial charge in [0.05, 0.1) is 22.7 Å². The van der Waals surface area contributed by atoms with Crippen LogP contribution in [0.2, 0.25) is 0 Å². The highest BCUT2D eigenvalue weighted by molar-refractivity contribution is 7.94. The van der Waals surface area contributed by atoms with E-state index < -0.39 is 37.7 Å². The number of benzene rings is 1. The largest absolute Gasteiger partial charge is 0.506 e. The minimum atomic E-state index is -4.15. The highest BCUT2D eigenvalue weighted by Crippen LogP contribution is 2.39. The molecule has 0 aromatic heterocycles. The maximum absolute atomic E-state index is 13.2. The zero-order valence-electron chi connectivity index (χ0n) is 25.2. The van der Waals surface area contributed by atoms with Gasteiger partial charge in [-0.3, -0.25) is 18.7 Å². The molecule has 0 fully saturated rings. The van der Waals surface area contributed by atoms with Gasteiger partial charge in [0.2, 0.25) is 5.78 Å². The molecule has 258 valence electrons. The van der Waals surface area contributed by atoms with E-state index >= 15 is 0 Å². The van der Waals surface area contributed by atoms with E-state index in [0.717, 1.165) is 12.0 Å². The average molecular weight is 718 g/mol. The van der Waals surface area contributed by atoms with E-state index in [9.17, 15) is 31.5 Å². The maximum atomic E-state index is 13.2. The molecule has 3 rings (SSSR count). The molecule has 18 heteroatoms. The first-order valence-corrected chi connectivity index (χ1v) is 18.6. The molecule has 1 aromatic rings. The van der Waals surface area contributed by atoms with Crippen LogP contribution >= 0.6 is 12.0 Å². The fraction of sp³-hybridized carbons (Fsp3) is 0.414. The molecule has 2 aliphatic carbocycles. The Bertz CT molecular complexity index is 1660. The van der Waals surface area contributed by atoms with E-state index in [1.165, 1.54) is 0 Å². The Labute approximate surface area is 276 Å². The number of ketones is 1. The lowest BCUT2D eigenvalue weighted by molar-refractivity contribution is -0.526. The molecule has 2 aliphatic rings. The Morgan fingerprint density at radius 1 is 0.851 bits per heavy atom. The van der Waals surface area contributed by atoms with Crippen LogP contribution in [0.5, 0.6) is 0 Å². The molecule has 1 aromatic carbocycles. The van der Waals surface area contributed by atoms with Crippen molar-refractivity contribution in [1.82, 2.24) is 0 Å². The van der Waals surface area contributed by atoms with Crippen LogP contribution in [0.4, 0.5) is 5.69 Å². The van der Waals surface area contributed by atoms with Crippen molar-refractivity contribution in [2.75, 3.05) is 48.3 Å². The minimum absolute atomic E-state index is 0.0797. The standard InChI is InChI=1S/C29H36N2O13S3/c32-25(33)5-1-14-30(16-3-19-46(37,38)39)23-10-6-21(7-11-23)26-28(34)27(29(26)35)22-8-12-24(13-9-22)31(15-2-18-45-44-43-36)17-4-20-47(40,41)42/h6-13H,1-5,14-20H2,(H4-,32,33,34,35,36,37,38,39,40,41,42)/p+1. The summed E-state index contributed by atoms with van der Waals surface area (Å²) in [6.45, 7) is 1.34. The van der Waals surface area contributed by atoms with E-state index in [1.807, 2.05) is 4.58 Å². The van der Waals surface area contributed by atoms with Gasteiger partial charge in [-0.2, -0.15) is 16.8 Å². The van der Waals surface area contributed by atoms with Crippen molar-refractivity contribution in [3.8, 4) is 0 Å². The van der Waals surface area contributed by atoms with Crippen LogP contribution in [0.25, 0.3) is 5.57 Å². The molecule has 0 saturated heterocycles. The molecule has 47 heavy (non-hydrogen) atoms. The van der Waals surface area contributed by atoms with Gasteiger partial charge >= 0.3 is 5.97 Å². The maximum Gasteiger partial charge on any atom is 0.303 e. The summed E-state index contributed by atoms with van der Waals surface area (Å²) in [7, 11) is -8.28. The van der Waals surface area contributed by atoms with Gasteiger partial charge in [-0.15, -0.1) is 4.33 Å². The van der Waals surface area contributed by atoms with E-state index in [0.29, 0.717) is 60.8 Å². The topological polar surface area (TPSA) is 228 Å². The lowest BCUT2D eigenvalue weighted by Gasteiger charge is -2.26. The fourth-order valence-corrected chi connectivity index (χ4v) is 6.37. The molecule has 0 bridgehead atoms. The summed E-state index contributed by atoms with van der Waals surface area (Å²) in [5.41, 5.74) is 2.55. The van der Waals surface area contributed by atoms with Crippen LogP contribution in [0, 0.1) is 0 Å². The highest BCUT2D eigenvalue weighted by atomic mass is 32.2. The molecule has 0 spiro atoms.